The van der Waals surface area contributed by atoms with Crippen LogP contribution in [0.2, 0.25) is 0 Å². The van der Waals surface area contributed by atoms with Gasteiger partial charge in [-0.1, -0.05) is 12.8 Å². The summed E-state index contributed by atoms with van der Waals surface area (Å²) in [7, 11) is 0. The van der Waals surface area contributed by atoms with E-state index in [1.165, 1.54) is 0 Å². The molecule has 0 aromatic carbocycles. The molecule has 1 aliphatic carbocycles. The Balaban J connectivity index is 2.39. The molecule has 1 fully saturated rings. The molecule has 0 aromatic rings. The third kappa shape index (κ3) is 2.98. The number of aliphatic hydroxyl groups is 1. The fourth-order valence-corrected chi connectivity index (χ4v) is 1.39. The van der Waals surface area contributed by atoms with Crippen LogP contribution in [0.15, 0.2) is 0 Å². The van der Waals surface area contributed by atoms with Crippen LogP contribution in [-0.2, 0) is 4.74 Å². The number of hydrogen-bond acceptors (Lipinski definition) is 2. The van der Waals surface area contributed by atoms with Gasteiger partial charge in [-0.05, 0) is 12.8 Å². The minimum absolute atomic E-state index is 0.292. The van der Waals surface area contributed by atoms with Crippen molar-refractivity contribution in [3.05, 3.63) is 0 Å². The van der Waals surface area contributed by atoms with Crippen molar-refractivity contribution >= 4 is 0 Å². The van der Waals surface area contributed by atoms with Gasteiger partial charge in [0.15, 0.2) is 0 Å². The van der Waals surface area contributed by atoms with Gasteiger partial charge >= 0.3 is 6.36 Å². The van der Waals surface area contributed by atoms with Crippen molar-refractivity contribution in [3.63, 3.8) is 0 Å². The van der Waals surface area contributed by atoms with E-state index in [0.717, 1.165) is 6.42 Å². The fourth-order valence-electron chi connectivity index (χ4n) is 1.39. The van der Waals surface area contributed by atoms with Crippen molar-refractivity contribution in [2.75, 3.05) is 0 Å². The lowest BCUT2D eigenvalue weighted by Crippen LogP contribution is -2.36. The van der Waals surface area contributed by atoms with Gasteiger partial charge in [-0.15, -0.1) is 13.2 Å². The summed E-state index contributed by atoms with van der Waals surface area (Å²) in [5, 5.41) is 9.11. The van der Waals surface area contributed by atoms with Crippen LogP contribution in [-0.4, -0.2) is 23.7 Å². The molecule has 0 unspecified atom stereocenters. The lowest BCUT2D eigenvalue weighted by atomic mass is 9.95. The maximum absolute atomic E-state index is 11.7. The fraction of sp³-hybridized carbons (Fsp3) is 1.00. The van der Waals surface area contributed by atoms with Gasteiger partial charge in [0.1, 0.15) is 0 Å². The minimum Gasteiger partial charge on any atom is -0.390 e. The van der Waals surface area contributed by atoms with Gasteiger partial charge < -0.3 is 5.11 Å². The summed E-state index contributed by atoms with van der Waals surface area (Å²) < 4.78 is 38.8. The molecule has 72 valence electrons. The van der Waals surface area contributed by atoms with Gasteiger partial charge in [0, 0.05) is 0 Å². The van der Waals surface area contributed by atoms with Crippen LogP contribution in [0.4, 0.5) is 13.2 Å². The number of aliphatic hydroxyl groups excluding tert-OH is 1. The summed E-state index contributed by atoms with van der Waals surface area (Å²) in [6.45, 7) is 0. The highest BCUT2D eigenvalue weighted by Gasteiger charge is 2.37. The molecule has 0 heterocycles. The molecule has 1 N–H and O–H groups in total. The summed E-state index contributed by atoms with van der Waals surface area (Å²) in [4.78, 5) is 0. The first-order chi connectivity index (χ1) is 5.49. The maximum atomic E-state index is 11.7. The molecule has 0 saturated heterocycles. The Morgan fingerprint density at radius 2 is 1.75 bits per heavy atom. The maximum Gasteiger partial charge on any atom is 0.522 e. The van der Waals surface area contributed by atoms with Gasteiger partial charge in [-0.3, -0.25) is 4.74 Å². The Bertz CT molecular complexity index is 146. The summed E-state index contributed by atoms with van der Waals surface area (Å²) in [5.41, 5.74) is 0. The molecule has 0 aliphatic heterocycles. The van der Waals surface area contributed by atoms with Crippen LogP contribution >= 0.6 is 0 Å². The van der Waals surface area contributed by atoms with Crippen LogP contribution in [0, 0.1) is 0 Å². The lowest BCUT2D eigenvalue weighted by molar-refractivity contribution is -0.353. The van der Waals surface area contributed by atoms with Gasteiger partial charge in [-0.25, -0.2) is 0 Å². The first-order valence-electron chi connectivity index (χ1n) is 3.91. The first kappa shape index (κ1) is 9.80. The minimum atomic E-state index is -4.62. The Hall–Kier alpha value is -0.290. The van der Waals surface area contributed by atoms with Crippen molar-refractivity contribution in [3.8, 4) is 0 Å². The molecule has 1 rings (SSSR count). The summed E-state index contributed by atoms with van der Waals surface area (Å²) in [5.74, 6) is 0. The summed E-state index contributed by atoms with van der Waals surface area (Å²) in [6.07, 6.45) is -4.47. The average molecular weight is 184 g/mol. The summed E-state index contributed by atoms with van der Waals surface area (Å²) in [6, 6.07) is 0. The van der Waals surface area contributed by atoms with Crippen LogP contribution in [0.5, 0.6) is 0 Å². The average Bonchev–Trinajstić information content (AvgIpc) is 1.91. The predicted molar refractivity (Wildman–Crippen MR) is 35.4 cm³/mol. The highest BCUT2D eigenvalue weighted by molar-refractivity contribution is 4.74. The van der Waals surface area contributed by atoms with E-state index in [4.69, 9.17) is 5.11 Å². The van der Waals surface area contributed by atoms with E-state index in [9.17, 15) is 13.2 Å². The van der Waals surface area contributed by atoms with Crippen LogP contribution < -0.4 is 0 Å². The van der Waals surface area contributed by atoms with E-state index in [1.54, 1.807) is 0 Å². The molecular weight excluding hydrogens is 173 g/mol. The molecule has 0 radical (unpaired) electrons. The van der Waals surface area contributed by atoms with Crippen LogP contribution in [0.3, 0.4) is 0 Å². The second kappa shape index (κ2) is 3.62. The summed E-state index contributed by atoms with van der Waals surface area (Å²) >= 11 is 0. The van der Waals surface area contributed by atoms with E-state index in [2.05, 4.69) is 4.74 Å². The highest BCUT2D eigenvalue weighted by atomic mass is 19.4. The highest BCUT2D eigenvalue weighted by Crippen LogP contribution is 2.27. The SMILES string of the molecule is O[C@@H]1CCCC[C@H]1OC(F)(F)F. The largest absolute Gasteiger partial charge is 0.522 e. The zero-order chi connectivity index (χ0) is 9.19. The Morgan fingerprint density at radius 1 is 1.17 bits per heavy atom. The van der Waals surface area contributed by atoms with Crippen molar-refractivity contribution in [1.29, 1.82) is 0 Å². The quantitative estimate of drug-likeness (QED) is 0.673. The van der Waals surface area contributed by atoms with E-state index >= 15 is 0 Å². The molecule has 12 heavy (non-hydrogen) atoms. The Kier molecular flexibility index (Phi) is 2.95. The zero-order valence-corrected chi connectivity index (χ0v) is 6.47. The number of hydrogen-bond donors (Lipinski definition) is 1. The molecule has 2 nitrogen and oxygen atoms in total. The normalized spacial score (nSPS) is 32.0. The zero-order valence-electron chi connectivity index (χ0n) is 6.47. The molecule has 0 bridgehead atoms. The molecule has 0 amide bonds. The van der Waals surface area contributed by atoms with Crippen molar-refractivity contribution in [1.82, 2.24) is 0 Å². The van der Waals surface area contributed by atoms with E-state index < -0.39 is 18.6 Å². The van der Waals surface area contributed by atoms with E-state index in [-0.39, 0.29) is 0 Å². The number of ether oxygens (including phenoxy) is 1. The smallest absolute Gasteiger partial charge is 0.390 e. The van der Waals surface area contributed by atoms with Crippen LogP contribution in [0.1, 0.15) is 25.7 Å². The van der Waals surface area contributed by atoms with Crippen molar-refractivity contribution in [2.24, 2.45) is 0 Å². The van der Waals surface area contributed by atoms with Gasteiger partial charge in [0.25, 0.3) is 0 Å². The molecular formula is C7H11F3O2. The molecule has 2 atom stereocenters. The number of halogens is 3. The topological polar surface area (TPSA) is 29.5 Å². The second-order valence-electron chi connectivity index (χ2n) is 2.95. The van der Waals surface area contributed by atoms with E-state index in [1.807, 2.05) is 0 Å². The number of alkyl halides is 3. The van der Waals surface area contributed by atoms with Gasteiger partial charge in [-0.2, -0.15) is 0 Å². The van der Waals surface area contributed by atoms with Crippen molar-refractivity contribution < 1.29 is 23.0 Å². The second-order valence-corrected chi connectivity index (χ2v) is 2.95. The first-order valence-corrected chi connectivity index (χ1v) is 3.91. The van der Waals surface area contributed by atoms with E-state index in [0.29, 0.717) is 19.3 Å². The van der Waals surface area contributed by atoms with Gasteiger partial charge in [0.05, 0.1) is 12.2 Å². The van der Waals surface area contributed by atoms with Gasteiger partial charge in [0.2, 0.25) is 0 Å². The molecule has 1 saturated carbocycles. The third-order valence-electron chi connectivity index (χ3n) is 1.95. The predicted octanol–water partition coefficient (Wildman–Crippen LogP) is 1.83. The monoisotopic (exact) mass is 184 g/mol. The standard InChI is InChI=1S/C7H11F3O2/c8-7(9,10)12-6-4-2-1-3-5(6)11/h5-6,11H,1-4H2/t5-,6-/m1/s1. The Morgan fingerprint density at radius 3 is 2.25 bits per heavy atom. The number of rotatable bonds is 1. The Labute approximate surface area is 68.3 Å². The van der Waals surface area contributed by atoms with Crippen LogP contribution in [0.25, 0.3) is 0 Å². The molecule has 0 spiro atoms. The molecule has 0 aromatic heterocycles. The molecule has 5 heteroatoms. The third-order valence-corrected chi connectivity index (χ3v) is 1.95. The van der Waals surface area contributed by atoms with Crippen molar-refractivity contribution in [2.45, 2.75) is 44.3 Å². The lowest BCUT2D eigenvalue weighted by Gasteiger charge is -2.27. The molecule has 1 aliphatic rings.